The van der Waals surface area contributed by atoms with Crippen LogP contribution in [0.3, 0.4) is 0 Å². The first kappa shape index (κ1) is 14.9. The second-order valence-corrected chi connectivity index (χ2v) is 8.19. The lowest BCUT2D eigenvalue weighted by atomic mass is 9.86. The van der Waals surface area contributed by atoms with Gasteiger partial charge in [0.15, 0.2) is 9.84 Å². The third-order valence-electron chi connectivity index (χ3n) is 3.72. The van der Waals surface area contributed by atoms with Gasteiger partial charge in [0.25, 0.3) is 0 Å². The van der Waals surface area contributed by atoms with Crippen molar-refractivity contribution < 1.29 is 12.8 Å². The molecule has 1 aromatic rings. The highest BCUT2D eigenvalue weighted by atomic mass is 79.9. The second-order valence-electron chi connectivity index (χ2n) is 5.11. The summed E-state index contributed by atoms with van der Waals surface area (Å²) in [5.74, 6) is 0.461. The Morgan fingerprint density at radius 1 is 1.47 bits per heavy atom. The molecule has 2 atom stereocenters. The normalized spacial score (nSPS) is 23.4. The fraction of sp³-hybridized carbons (Fsp3) is 0.538. The highest BCUT2D eigenvalue weighted by Gasteiger charge is 2.33. The zero-order valence-corrected chi connectivity index (χ0v) is 12.9. The molecule has 1 heterocycles. The number of sulfone groups is 1. The molecule has 106 valence electrons. The van der Waals surface area contributed by atoms with E-state index in [1.54, 1.807) is 12.1 Å². The lowest BCUT2D eigenvalue weighted by Gasteiger charge is -2.21. The van der Waals surface area contributed by atoms with E-state index in [2.05, 4.69) is 15.9 Å². The molecule has 1 aliphatic heterocycles. The fourth-order valence-corrected chi connectivity index (χ4v) is 4.95. The van der Waals surface area contributed by atoms with Gasteiger partial charge in [-0.15, -0.1) is 0 Å². The highest BCUT2D eigenvalue weighted by Crippen LogP contribution is 2.29. The van der Waals surface area contributed by atoms with Gasteiger partial charge in [0.05, 0.1) is 16.0 Å². The van der Waals surface area contributed by atoms with Gasteiger partial charge in [-0.25, -0.2) is 12.8 Å². The molecule has 0 saturated carbocycles. The number of halogens is 2. The van der Waals surface area contributed by atoms with Crippen LogP contribution in [0.2, 0.25) is 0 Å². The van der Waals surface area contributed by atoms with Crippen molar-refractivity contribution in [2.45, 2.75) is 12.8 Å². The third-order valence-corrected chi connectivity index (χ3v) is 6.12. The van der Waals surface area contributed by atoms with Crippen molar-refractivity contribution in [3.8, 4) is 0 Å². The van der Waals surface area contributed by atoms with Gasteiger partial charge in [0.1, 0.15) is 5.82 Å². The summed E-state index contributed by atoms with van der Waals surface area (Å²) in [6, 6.07) is 4.88. The summed E-state index contributed by atoms with van der Waals surface area (Å²) >= 11 is 3.16. The van der Waals surface area contributed by atoms with E-state index in [-0.39, 0.29) is 29.2 Å². The van der Waals surface area contributed by atoms with E-state index < -0.39 is 9.84 Å². The van der Waals surface area contributed by atoms with Crippen molar-refractivity contribution in [1.29, 1.82) is 0 Å². The molecular formula is C13H17BrFNO2S. The minimum absolute atomic E-state index is 0.124. The molecule has 0 amide bonds. The van der Waals surface area contributed by atoms with Crippen LogP contribution in [0, 0.1) is 17.7 Å². The predicted molar refractivity (Wildman–Crippen MR) is 77.1 cm³/mol. The van der Waals surface area contributed by atoms with Crippen LogP contribution in [0.5, 0.6) is 0 Å². The van der Waals surface area contributed by atoms with E-state index in [0.29, 0.717) is 23.9 Å². The van der Waals surface area contributed by atoms with E-state index in [9.17, 15) is 12.8 Å². The molecular weight excluding hydrogens is 333 g/mol. The molecule has 1 saturated heterocycles. The van der Waals surface area contributed by atoms with Gasteiger partial charge >= 0.3 is 0 Å². The maximum absolute atomic E-state index is 13.2. The molecule has 3 nitrogen and oxygen atoms in total. The maximum atomic E-state index is 13.2. The number of hydrogen-bond donors (Lipinski definition) is 1. The Morgan fingerprint density at radius 3 is 2.74 bits per heavy atom. The Balaban J connectivity index is 2.09. The van der Waals surface area contributed by atoms with Crippen molar-refractivity contribution >= 4 is 25.8 Å². The largest absolute Gasteiger partial charge is 0.330 e. The molecule has 6 heteroatoms. The van der Waals surface area contributed by atoms with E-state index in [0.717, 1.165) is 5.56 Å². The first-order valence-corrected chi connectivity index (χ1v) is 8.87. The van der Waals surface area contributed by atoms with Gasteiger partial charge in [-0.1, -0.05) is 6.07 Å². The predicted octanol–water partition coefficient (Wildman–Crippen LogP) is 2.14. The number of benzene rings is 1. The Bertz CT molecular complexity index is 562. The van der Waals surface area contributed by atoms with Crippen LogP contribution in [0.4, 0.5) is 4.39 Å². The van der Waals surface area contributed by atoms with Gasteiger partial charge in [0.2, 0.25) is 0 Å². The van der Waals surface area contributed by atoms with Gasteiger partial charge in [-0.05, 0) is 64.8 Å². The summed E-state index contributed by atoms with van der Waals surface area (Å²) in [5.41, 5.74) is 6.76. The molecule has 0 radical (unpaired) electrons. The molecule has 1 aromatic carbocycles. The zero-order valence-electron chi connectivity index (χ0n) is 10.5. The topological polar surface area (TPSA) is 60.2 Å². The minimum Gasteiger partial charge on any atom is -0.330 e. The quantitative estimate of drug-likeness (QED) is 0.905. The lowest BCUT2D eigenvalue weighted by molar-refractivity contribution is 0.370. The Hall–Kier alpha value is -0.460. The van der Waals surface area contributed by atoms with Crippen LogP contribution in [0.1, 0.15) is 12.0 Å². The Kier molecular flexibility index (Phi) is 4.63. The van der Waals surface area contributed by atoms with Gasteiger partial charge < -0.3 is 5.73 Å². The van der Waals surface area contributed by atoms with Gasteiger partial charge in [-0.3, -0.25) is 0 Å². The van der Waals surface area contributed by atoms with Crippen LogP contribution >= 0.6 is 15.9 Å². The molecule has 0 bridgehead atoms. The Morgan fingerprint density at radius 2 is 2.21 bits per heavy atom. The van der Waals surface area contributed by atoms with Crippen molar-refractivity contribution in [2.24, 2.45) is 17.6 Å². The number of rotatable bonds is 4. The number of nitrogens with two attached hydrogens (primary N) is 1. The SMILES string of the molecule is NCC(Cc1ccc(F)c(Br)c1)C1CCS(=O)(=O)C1. The van der Waals surface area contributed by atoms with Gasteiger partial charge in [-0.2, -0.15) is 0 Å². The third kappa shape index (κ3) is 3.77. The van der Waals surface area contributed by atoms with Crippen LogP contribution < -0.4 is 5.73 Å². The van der Waals surface area contributed by atoms with Crippen LogP contribution in [-0.2, 0) is 16.3 Å². The summed E-state index contributed by atoms with van der Waals surface area (Å²) in [7, 11) is -2.88. The summed E-state index contributed by atoms with van der Waals surface area (Å²) in [6.45, 7) is 0.454. The first-order chi connectivity index (χ1) is 8.91. The van der Waals surface area contributed by atoms with Crippen molar-refractivity contribution in [2.75, 3.05) is 18.1 Å². The molecule has 1 fully saturated rings. The first-order valence-electron chi connectivity index (χ1n) is 6.25. The summed E-state index contributed by atoms with van der Waals surface area (Å²) in [4.78, 5) is 0. The summed E-state index contributed by atoms with van der Waals surface area (Å²) in [6.07, 6.45) is 1.38. The van der Waals surface area contributed by atoms with Crippen LogP contribution in [0.25, 0.3) is 0 Å². The molecule has 1 aliphatic rings. The van der Waals surface area contributed by atoms with Crippen LogP contribution in [-0.4, -0.2) is 26.5 Å². The van der Waals surface area contributed by atoms with E-state index >= 15 is 0 Å². The molecule has 2 unspecified atom stereocenters. The lowest BCUT2D eigenvalue weighted by Crippen LogP contribution is -2.26. The molecule has 0 aromatic heterocycles. The Labute approximate surface area is 121 Å². The molecule has 0 aliphatic carbocycles. The summed E-state index contributed by atoms with van der Waals surface area (Å²) in [5, 5.41) is 0. The average Bonchev–Trinajstić information content (AvgIpc) is 2.71. The van der Waals surface area contributed by atoms with Crippen molar-refractivity contribution in [1.82, 2.24) is 0 Å². The molecule has 2 N–H and O–H groups in total. The minimum atomic E-state index is -2.88. The van der Waals surface area contributed by atoms with Crippen molar-refractivity contribution in [3.63, 3.8) is 0 Å². The zero-order chi connectivity index (χ0) is 14.0. The smallest absolute Gasteiger partial charge is 0.150 e. The fourth-order valence-electron chi connectivity index (χ4n) is 2.61. The molecule has 19 heavy (non-hydrogen) atoms. The second kappa shape index (κ2) is 5.89. The van der Waals surface area contributed by atoms with Crippen LogP contribution in [0.15, 0.2) is 22.7 Å². The molecule has 0 spiro atoms. The standard InChI is InChI=1S/C13H17BrFNO2S/c14-12-6-9(1-2-13(12)15)5-11(7-16)10-3-4-19(17,18)8-10/h1-2,6,10-11H,3-5,7-8,16H2. The average molecular weight is 350 g/mol. The molecule has 2 rings (SSSR count). The summed E-state index contributed by atoms with van der Waals surface area (Å²) < 4.78 is 36.6. The monoisotopic (exact) mass is 349 g/mol. The van der Waals surface area contributed by atoms with Crippen molar-refractivity contribution in [3.05, 3.63) is 34.1 Å². The maximum Gasteiger partial charge on any atom is 0.150 e. The number of hydrogen-bond acceptors (Lipinski definition) is 3. The van der Waals surface area contributed by atoms with E-state index in [4.69, 9.17) is 5.73 Å². The van der Waals surface area contributed by atoms with E-state index in [1.165, 1.54) is 6.07 Å². The van der Waals surface area contributed by atoms with E-state index in [1.807, 2.05) is 0 Å². The van der Waals surface area contributed by atoms with Gasteiger partial charge in [0, 0.05) is 0 Å². The highest BCUT2D eigenvalue weighted by molar-refractivity contribution is 9.10.